The third kappa shape index (κ3) is 2.93. The number of nitrogens with zero attached hydrogens (tertiary/aromatic N) is 3. The summed E-state index contributed by atoms with van der Waals surface area (Å²) in [6.45, 7) is 1.03. The summed E-state index contributed by atoms with van der Waals surface area (Å²) < 4.78 is 26.9. The number of rotatable bonds is 4. The zero-order valence-electron chi connectivity index (χ0n) is 11.8. The number of pyridine rings is 1. The fourth-order valence-corrected chi connectivity index (χ4v) is 4.03. The number of aromatic nitrogens is 1. The number of nitrogen functional groups attached to an aromatic ring is 1. The van der Waals surface area contributed by atoms with E-state index in [2.05, 4.69) is 15.3 Å². The Balaban J connectivity index is 2.30. The summed E-state index contributed by atoms with van der Waals surface area (Å²) in [5, 5.41) is 0. The van der Waals surface area contributed by atoms with Gasteiger partial charge in [-0.15, -0.1) is 0 Å². The average molecular weight is 299 g/mol. The van der Waals surface area contributed by atoms with Crippen molar-refractivity contribution in [3.8, 4) is 0 Å². The number of likely N-dealkylation sites (N-methyl/N-ethyl adjacent to an activating group) is 1. The minimum Gasteiger partial charge on any atom is -0.307 e. The lowest BCUT2D eigenvalue weighted by atomic mass is 10.1. The average Bonchev–Trinajstić information content (AvgIpc) is 2.47. The van der Waals surface area contributed by atoms with E-state index in [0.717, 1.165) is 12.8 Å². The fourth-order valence-electron chi connectivity index (χ4n) is 2.41. The molecule has 1 aromatic rings. The van der Waals surface area contributed by atoms with E-state index in [1.54, 1.807) is 6.07 Å². The first-order valence-electron chi connectivity index (χ1n) is 6.55. The maximum absolute atomic E-state index is 12.7. The van der Waals surface area contributed by atoms with Crippen LogP contribution >= 0.6 is 0 Å². The van der Waals surface area contributed by atoms with Gasteiger partial charge in [0.15, 0.2) is 5.82 Å². The molecule has 8 heteroatoms. The molecule has 2 rings (SSSR count). The van der Waals surface area contributed by atoms with Gasteiger partial charge in [-0.05, 0) is 39.1 Å². The van der Waals surface area contributed by atoms with Crippen LogP contribution in [0.1, 0.15) is 12.8 Å². The highest BCUT2D eigenvalue weighted by Gasteiger charge is 2.32. The number of anilines is 1. The molecule has 0 amide bonds. The number of hydrazine groups is 1. The molecule has 0 saturated carbocycles. The van der Waals surface area contributed by atoms with Gasteiger partial charge in [-0.2, -0.15) is 4.31 Å². The van der Waals surface area contributed by atoms with Gasteiger partial charge in [0.25, 0.3) is 0 Å². The maximum Gasteiger partial charge on any atom is 0.246 e. The van der Waals surface area contributed by atoms with Crippen molar-refractivity contribution in [1.82, 2.24) is 14.2 Å². The molecule has 112 valence electrons. The molecular weight excluding hydrogens is 278 g/mol. The van der Waals surface area contributed by atoms with Crippen LogP contribution in [0, 0.1) is 0 Å². The minimum atomic E-state index is -3.57. The molecule has 0 spiro atoms. The summed E-state index contributed by atoms with van der Waals surface area (Å²) in [5.41, 5.74) is 2.35. The second-order valence-corrected chi connectivity index (χ2v) is 7.02. The number of hydrogen-bond donors (Lipinski definition) is 2. The first kappa shape index (κ1) is 15.2. The summed E-state index contributed by atoms with van der Waals surface area (Å²) in [6, 6.07) is 3.36. The first-order chi connectivity index (χ1) is 9.46. The van der Waals surface area contributed by atoms with Gasteiger partial charge in [-0.25, -0.2) is 19.2 Å². The van der Waals surface area contributed by atoms with E-state index >= 15 is 0 Å². The second kappa shape index (κ2) is 6.04. The van der Waals surface area contributed by atoms with Crippen LogP contribution < -0.4 is 11.3 Å². The van der Waals surface area contributed by atoms with E-state index in [0.29, 0.717) is 13.1 Å². The third-order valence-corrected chi connectivity index (χ3v) is 5.51. The molecule has 0 aromatic carbocycles. The lowest BCUT2D eigenvalue weighted by molar-refractivity contribution is 0.190. The van der Waals surface area contributed by atoms with Crippen LogP contribution in [0.4, 0.5) is 5.82 Å². The number of sulfonamides is 1. The van der Waals surface area contributed by atoms with E-state index in [-0.39, 0.29) is 16.8 Å². The molecule has 1 saturated heterocycles. The Kier molecular flexibility index (Phi) is 4.59. The predicted molar refractivity (Wildman–Crippen MR) is 77.5 cm³/mol. The maximum atomic E-state index is 12.7. The summed E-state index contributed by atoms with van der Waals surface area (Å²) in [5.74, 6) is 5.53. The molecule has 20 heavy (non-hydrogen) atoms. The molecule has 1 unspecified atom stereocenters. The number of nitrogens with two attached hydrogens (primary N) is 1. The molecule has 1 aliphatic rings. The van der Waals surface area contributed by atoms with Gasteiger partial charge in [0.2, 0.25) is 10.0 Å². The van der Waals surface area contributed by atoms with Crippen molar-refractivity contribution in [3.63, 3.8) is 0 Å². The molecule has 0 bridgehead atoms. The van der Waals surface area contributed by atoms with Crippen LogP contribution in [0.3, 0.4) is 0 Å². The molecule has 1 fully saturated rings. The summed E-state index contributed by atoms with van der Waals surface area (Å²) in [7, 11) is 0.370. The van der Waals surface area contributed by atoms with Crippen molar-refractivity contribution in [3.05, 3.63) is 18.3 Å². The standard InChI is InChI=1S/C12H21N5O2S/c1-16(2)10-5-4-8-17(9-10)20(18,19)11-6-3-7-14-12(11)15-13/h3,6-7,10H,4-5,8-9,13H2,1-2H3,(H,14,15). The Labute approximate surface area is 119 Å². The SMILES string of the molecule is CN(C)C1CCCN(S(=O)(=O)c2cccnc2NN)C1. The monoisotopic (exact) mass is 299 g/mol. The van der Waals surface area contributed by atoms with Gasteiger partial charge in [-0.3, -0.25) is 0 Å². The highest BCUT2D eigenvalue weighted by Crippen LogP contribution is 2.25. The topological polar surface area (TPSA) is 91.6 Å². The molecule has 1 aliphatic heterocycles. The Bertz CT molecular complexity index is 561. The molecular formula is C12H21N5O2S. The molecule has 7 nitrogen and oxygen atoms in total. The van der Waals surface area contributed by atoms with Crippen LogP contribution in [0.15, 0.2) is 23.2 Å². The fraction of sp³-hybridized carbons (Fsp3) is 0.583. The van der Waals surface area contributed by atoms with E-state index < -0.39 is 10.0 Å². The summed E-state index contributed by atoms with van der Waals surface area (Å²) in [4.78, 5) is 6.15. The van der Waals surface area contributed by atoms with Crippen molar-refractivity contribution in [2.24, 2.45) is 5.84 Å². The van der Waals surface area contributed by atoms with E-state index in [9.17, 15) is 8.42 Å². The highest BCUT2D eigenvalue weighted by atomic mass is 32.2. The third-order valence-electron chi connectivity index (χ3n) is 3.61. The van der Waals surface area contributed by atoms with Crippen LogP contribution in [-0.2, 0) is 10.0 Å². The van der Waals surface area contributed by atoms with Gasteiger partial charge in [0.05, 0.1) is 0 Å². The largest absolute Gasteiger partial charge is 0.307 e. The number of piperidine rings is 1. The Morgan fingerprint density at radius 2 is 2.25 bits per heavy atom. The predicted octanol–water partition coefficient (Wildman–Crippen LogP) is 0.0819. The normalized spacial score (nSPS) is 21.1. The molecule has 2 heterocycles. The van der Waals surface area contributed by atoms with Gasteiger partial charge in [0.1, 0.15) is 4.90 Å². The quantitative estimate of drug-likeness (QED) is 0.604. The van der Waals surface area contributed by atoms with Crippen molar-refractivity contribution in [1.29, 1.82) is 0 Å². The van der Waals surface area contributed by atoms with Gasteiger partial charge >= 0.3 is 0 Å². The van der Waals surface area contributed by atoms with Crippen LogP contribution in [-0.4, -0.2) is 55.8 Å². The van der Waals surface area contributed by atoms with Gasteiger partial charge < -0.3 is 10.3 Å². The minimum absolute atomic E-state index is 0.127. The van der Waals surface area contributed by atoms with Crippen LogP contribution in [0.2, 0.25) is 0 Å². The van der Waals surface area contributed by atoms with Gasteiger partial charge in [0, 0.05) is 25.3 Å². The molecule has 1 aromatic heterocycles. The van der Waals surface area contributed by atoms with Crippen molar-refractivity contribution < 1.29 is 8.42 Å². The van der Waals surface area contributed by atoms with Crippen LogP contribution in [0.5, 0.6) is 0 Å². The van der Waals surface area contributed by atoms with Crippen LogP contribution in [0.25, 0.3) is 0 Å². The van der Waals surface area contributed by atoms with Crippen molar-refractivity contribution >= 4 is 15.8 Å². The van der Waals surface area contributed by atoms with E-state index in [4.69, 9.17) is 5.84 Å². The molecule has 1 atom stereocenters. The number of hydrogen-bond acceptors (Lipinski definition) is 6. The Hall–Kier alpha value is -1.22. The molecule has 0 radical (unpaired) electrons. The van der Waals surface area contributed by atoms with Crippen molar-refractivity contribution in [2.75, 3.05) is 32.6 Å². The Morgan fingerprint density at radius 1 is 1.50 bits per heavy atom. The van der Waals surface area contributed by atoms with E-state index in [1.165, 1.54) is 16.6 Å². The Morgan fingerprint density at radius 3 is 2.90 bits per heavy atom. The lowest BCUT2D eigenvalue weighted by Crippen LogP contribution is -2.47. The van der Waals surface area contributed by atoms with E-state index in [1.807, 2.05) is 14.1 Å². The summed E-state index contributed by atoms with van der Waals surface area (Å²) in [6.07, 6.45) is 3.37. The molecule has 0 aliphatic carbocycles. The zero-order chi connectivity index (χ0) is 14.8. The smallest absolute Gasteiger partial charge is 0.246 e. The van der Waals surface area contributed by atoms with Crippen molar-refractivity contribution in [2.45, 2.75) is 23.8 Å². The number of nitrogens with one attached hydrogen (secondary N) is 1. The first-order valence-corrected chi connectivity index (χ1v) is 7.99. The molecule has 3 N–H and O–H groups in total. The lowest BCUT2D eigenvalue weighted by Gasteiger charge is -2.35. The summed E-state index contributed by atoms with van der Waals surface area (Å²) >= 11 is 0. The highest BCUT2D eigenvalue weighted by molar-refractivity contribution is 7.89. The zero-order valence-corrected chi connectivity index (χ0v) is 12.6. The second-order valence-electron chi connectivity index (χ2n) is 5.12. The van der Waals surface area contributed by atoms with Gasteiger partial charge in [-0.1, -0.05) is 0 Å².